The third-order valence-electron chi connectivity index (χ3n) is 5.32. The summed E-state index contributed by atoms with van der Waals surface area (Å²) in [6.07, 6.45) is 1.49. The average Bonchev–Trinajstić information content (AvgIpc) is 3.24. The second-order valence-corrected chi connectivity index (χ2v) is 9.29. The highest BCUT2D eigenvalue weighted by molar-refractivity contribution is 5.96. The normalized spacial score (nSPS) is 11.3. The molecule has 0 saturated heterocycles. The zero-order valence-electron chi connectivity index (χ0n) is 20.4. The fourth-order valence-corrected chi connectivity index (χ4v) is 3.34. The van der Waals surface area contributed by atoms with Gasteiger partial charge in [-0.25, -0.2) is 18.3 Å². The zero-order chi connectivity index (χ0) is 25.6. The van der Waals surface area contributed by atoms with E-state index in [9.17, 15) is 18.4 Å². The maximum Gasteiger partial charge on any atom is 0.322 e. The van der Waals surface area contributed by atoms with Crippen molar-refractivity contribution in [2.24, 2.45) is 0 Å². The third kappa shape index (κ3) is 6.88. The Morgan fingerprint density at radius 3 is 2.34 bits per heavy atom. The first-order valence-corrected chi connectivity index (χ1v) is 11.5. The molecule has 0 bridgehead atoms. The minimum absolute atomic E-state index is 0.104. The van der Waals surface area contributed by atoms with E-state index in [2.05, 4.69) is 15.7 Å². The molecule has 0 radical (unpaired) electrons. The molecule has 1 heterocycles. The Morgan fingerprint density at radius 1 is 1.00 bits per heavy atom. The number of nitrogens with one attached hydrogen (secondary N) is 2. The molecule has 0 spiro atoms. The summed E-state index contributed by atoms with van der Waals surface area (Å²) in [5.74, 6) is -1.99. The van der Waals surface area contributed by atoms with E-state index >= 15 is 0 Å². The van der Waals surface area contributed by atoms with Crippen molar-refractivity contribution in [3.63, 3.8) is 0 Å². The summed E-state index contributed by atoms with van der Waals surface area (Å²) in [7, 11) is 0. The van der Waals surface area contributed by atoms with Gasteiger partial charge in [-0.05, 0) is 30.7 Å². The van der Waals surface area contributed by atoms with E-state index in [0.717, 1.165) is 29.9 Å². The Kier molecular flexibility index (Phi) is 8.22. The SMILES string of the molecule is CCCCN(CC(=O)Nc1cc(C(C)(C)C)nn1-c1ccccc1)C(=O)Nc1ccc(F)c(F)c1. The van der Waals surface area contributed by atoms with Crippen molar-refractivity contribution in [2.75, 3.05) is 23.7 Å². The predicted octanol–water partition coefficient (Wildman–Crippen LogP) is 5.72. The molecule has 0 atom stereocenters. The summed E-state index contributed by atoms with van der Waals surface area (Å²) in [6.45, 7) is 8.17. The van der Waals surface area contributed by atoms with Gasteiger partial charge in [-0.1, -0.05) is 52.3 Å². The highest BCUT2D eigenvalue weighted by Gasteiger charge is 2.23. The third-order valence-corrected chi connectivity index (χ3v) is 5.32. The van der Waals surface area contributed by atoms with Gasteiger partial charge in [-0.3, -0.25) is 4.79 Å². The van der Waals surface area contributed by atoms with Crippen molar-refractivity contribution < 1.29 is 18.4 Å². The first kappa shape index (κ1) is 25.9. The zero-order valence-corrected chi connectivity index (χ0v) is 20.4. The van der Waals surface area contributed by atoms with E-state index in [1.54, 1.807) is 4.68 Å². The van der Waals surface area contributed by atoms with Crippen molar-refractivity contribution in [1.82, 2.24) is 14.7 Å². The molecule has 0 aliphatic heterocycles. The molecule has 3 amide bonds. The summed E-state index contributed by atoms with van der Waals surface area (Å²) >= 11 is 0. The van der Waals surface area contributed by atoms with Crippen LogP contribution in [-0.4, -0.2) is 39.7 Å². The number of benzene rings is 2. The van der Waals surface area contributed by atoms with Crippen LogP contribution in [0.3, 0.4) is 0 Å². The number of carbonyl (C=O) groups excluding carboxylic acids is 2. The first-order chi connectivity index (χ1) is 16.6. The van der Waals surface area contributed by atoms with Gasteiger partial charge in [-0.2, -0.15) is 5.10 Å². The number of halogens is 2. The largest absolute Gasteiger partial charge is 0.322 e. The van der Waals surface area contributed by atoms with Crippen LogP contribution in [0.2, 0.25) is 0 Å². The molecule has 0 unspecified atom stereocenters. The van der Waals surface area contributed by atoms with Crippen LogP contribution in [0.25, 0.3) is 5.69 Å². The number of rotatable bonds is 8. The molecule has 0 aliphatic rings. The number of aromatic nitrogens is 2. The van der Waals surface area contributed by atoms with Crippen molar-refractivity contribution in [2.45, 2.75) is 46.0 Å². The molecule has 0 fully saturated rings. The minimum atomic E-state index is -1.07. The van der Waals surface area contributed by atoms with Gasteiger partial charge in [0.05, 0.1) is 11.4 Å². The highest BCUT2D eigenvalue weighted by atomic mass is 19.2. The summed E-state index contributed by atoms with van der Waals surface area (Å²) < 4.78 is 28.4. The molecule has 0 saturated carbocycles. The topological polar surface area (TPSA) is 79.3 Å². The first-order valence-electron chi connectivity index (χ1n) is 11.5. The fourth-order valence-electron chi connectivity index (χ4n) is 3.34. The van der Waals surface area contributed by atoms with Gasteiger partial charge in [0.15, 0.2) is 11.6 Å². The van der Waals surface area contributed by atoms with Gasteiger partial charge in [0, 0.05) is 29.8 Å². The van der Waals surface area contributed by atoms with Crippen LogP contribution in [-0.2, 0) is 10.2 Å². The molecular weight excluding hydrogens is 452 g/mol. The molecule has 2 N–H and O–H groups in total. The van der Waals surface area contributed by atoms with Gasteiger partial charge in [-0.15, -0.1) is 0 Å². The molecule has 3 aromatic rings. The molecule has 3 rings (SSSR count). The van der Waals surface area contributed by atoms with Crippen LogP contribution < -0.4 is 10.6 Å². The van der Waals surface area contributed by atoms with Crippen LogP contribution >= 0.6 is 0 Å². The second kappa shape index (κ2) is 11.1. The Hall–Kier alpha value is -3.75. The fraction of sp³-hybridized carbons (Fsp3) is 0.346. The highest BCUT2D eigenvalue weighted by Crippen LogP contribution is 2.26. The van der Waals surface area contributed by atoms with Crippen LogP contribution in [0, 0.1) is 11.6 Å². The van der Waals surface area contributed by atoms with Gasteiger partial charge < -0.3 is 15.5 Å². The number of amides is 3. The lowest BCUT2D eigenvalue weighted by Crippen LogP contribution is -2.41. The van der Waals surface area contributed by atoms with E-state index < -0.39 is 23.6 Å². The molecule has 186 valence electrons. The lowest BCUT2D eigenvalue weighted by molar-refractivity contribution is -0.116. The van der Waals surface area contributed by atoms with E-state index in [1.807, 2.05) is 64.1 Å². The van der Waals surface area contributed by atoms with Gasteiger partial charge in [0.1, 0.15) is 12.4 Å². The maximum absolute atomic E-state index is 13.5. The van der Waals surface area contributed by atoms with Crippen molar-refractivity contribution in [3.8, 4) is 5.69 Å². The smallest absolute Gasteiger partial charge is 0.315 e. The molecule has 35 heavy (non-hydrogen) atoms. The van der Waals surface area contributed by atoms with E-state index in [0.29, 0.717) is 18.8 Å². The number of hydrogen-bond acceptors (Lipinski definition) is 3. The number of hydrogen-bond donors (Lipinski definition) is 2. The Balaban J connectivity index is 1.78. The molecule has 2 aromatic carbocycles. The molecule has 1 aromatic heterocycles. The Labute approximate surface area is 204 Å². The van der Waals surface area contributed by atoms with Gasteiger partial charge in [0.2, 0.25) is 5.91 Å². The summed E-state index contributed by atoms with van der Waals surface area (Å²) in [5.41, 5.74) is 1.46. The van der Waals surface area contributed by atoms with Crippen LogP contribution in [0.5, 0.6) is 0 Å². The van der Waals surface area contributed by atoms with E-state index in [-0.39, 0.29) is 17.6 Å². The van der Waals surface area contributed by atoms with Gasteiger partial charge >= 0.3 is 6.03 Å². The molecular formula is C26H31F2N5O2. The van der Waals surface area contributed by atoms with Crippen LogP contribution in [0.1, 0.15) is 46.2 Å². The summed E-state index contributed by atoms with van der Waals surface area (Å²) in [5, 5.41) is 10.1. The number of urea groups is 1. The standard InChI is InChI=1S/C26H31F2N5O2/c1-5-6-14-32(25(35)29-18-12-13-20(27)21(28)15-18)17-24(34)30-23-16-22(26(2,3)4)31-33(23)19-10-8-7-9-11-19/h7-13,15-16H,5-6,14,17H2,1-4H3,(H,29,35)(H,30,34). The minimum Gasteiger partial charge on any atom is -0.315 e. The quantitative estimate of drug-likeness (QED) is 0.430. The van der Waals surface area contributed by atoms with Crippen molar-refractivity contribution in [1.29, 1.82) is 0 Å². The van der Waals surface area contributed by atoms with Gasteiger partial charge in [0.25, 0.3) is 0 Å². The second-order valence-electron chi connectivity index (χ2n) is 9.29. The monoisotopic (exact) mass is 483 g/mol. The van der Waals surface area contributed by atoms with E-state index in [4.69, 9.17) is 0 Å². The number of nitrogens with zero attached hydrogens (tertiary/aromatic N) is 3. The lowest BCUT2D eigenvalue weighted by Gasteiger charge is -2.22. The number of anilines is 2. The molecule has 9 heteroatoms. The molecule has 0 aliphatic carbocycles. The number of carbonyl (C=O) groups is 2. The number of unbranched alkanes of at least 4 members (excludes halogenated alkanes) is 1. The Bertz CT molecular complexity index is 1170. The summed E-state index contributed by atoms with van der Waals surface area (Å²) in [4.78, 5) is 27.2. The molecule has 7 nitrogen and oxygen atoms in total. The summed E-state index contributed by atoms with van der Waals surface area (Å²) in [6, 6.07) is 13.8. The maximum atomic E-state index is 13.5. The van der Waals surface area contributed by atoms with E-state index in [1.165, 1.54) is 11.0 Å². The van der Waals surface area contributed by atoms with Crippen molar-refractivity contribution in [3.05, 3.63) is 71.9 Å². The van der Waals surface area contributed by atoms with Crippen LogP contribution in [0.15, 0.2) is 54.6 Å². The predicted molar refractivity (Wildman–Crippen MR) is 133 cm³/mol. The van der Waals surface area contributed by atoms with Crippen molar-refractivity contribution >= 4 is 23.4 Å². The number of para-hydroxylation sites is 1. The lowest BCUT2D eigenvalue weighted by atomic mass is 9.92. The Morgan fingerprint density at radius 2 is 1.71 bits per heavy atom. The average molecular weight is 484 g/mol. The van der Waals surface area contributed by atoms with Crippen LogP contribution in [0.4, 0.5) is 25.1 Å².